The number of pyridine rings is 2. The van der Waals surface area contributed by atoms with Crippen LogP contribution in [0.1, 0.15) is 62.0 Å². The maximum absolute atomic E-state index is 13.9. The van der Waals surface area contributed by atoms with E-state index in [0.29, 0.717) is 45.7 Å². The van der Waals surface area contributed by atoms with E-state index in [0.717, 1.165) is 24.1 Å². The van der Waals surface area contributed by atoms with Crippen molar-refractivity contribution in [3.05, 3.63) is 70.7 Å². The van der Waals surface area contributed by atoms with E-state index in [1.165, 1.54) is 6.07 Å². The van der Waals surface area contributed by atoms with Crippen LogP contribution in [0.5, 0.6) is 0 Å². The lowest BCUT2D eigenvalue weighted by Gasteiger charge is -2.24. The number of fused-ring (bicyclic) bond motifs is 1. The van der Waals surface area contributed by atoms with Crippen LogP contribution in [0.3, 0.4) is 0 Å². The van der Waals surface area contributed by atoms with Gasteiger partial charge < -0.3 is 16.1 Å². The van der Waals surface area contributed by atoms with E-state index in [9.17, 15) is 14.9 Å². The summed E-state index contributed by atoms with van der Waals surface area (Å²) in [7, 11) is 0. The third kappa shape index (κ3) is 5.08. The van der Waals surface area contributed by atoms with Gasteiger partial charge in [-0.2, -0.15) is 14.9 Å². The minimum Gasteiger partial charge on any atom is -0.383 e. The zero-order valence-corrected chi connectivity index (χ0v) is 22.9. The molecule has 1 aromatic carbocycles. The SMILES string of the molecule is C#Cc1cnc2c(C#N)cc(N[C@H](C3=CN(C4(C#N)CC4)NN3)c3ccc(F)nc3C)cc2c1NCC(C)(C)C. The van der Waals surface area contributed by atoms with Gasteiger partial charge in [0.15, 0.2) is 0 Å². The second kappa shape index (κ2) is 10.0. The van der Waals surface area contributed by atoms with Gasteiger partial charge in [-0.25, -0.2) is 4.98 Å². The molecule has 202 valence electrons. The molecule has 3 heterocycles. The highest BCUT2D eigenvalue weighted by Gasteiger charge is 2.50. The van der Waals surface area contributed by atoms with Crippen molar-refractivity contribution in [2.75, 3.05) is 17.2 Å². The molecule has 0 radical (unpaired) electrons. The van der Waals surface area contributed by atoms with E-state index in [1.807, 2.05) is 12.3 Å². The Hall–Kier alpha value is -4.85. The fourth-order valence-electron chi connectivity index (χ4n) is 4.69. The van der Waals surface area contributed by atoms with Crippen LogP contribution in [-0.2, 0) is 0 Å². The minimum absolute atomic E-state index is 0.0184. The molecule has 1 aliphatic carbocycles. The second-order valence-electron chi connectivity index (χ2n) is 11.4. The van der Waals surface area contributed by atoms with E-state index in [2.05, 4.69) is 70.4 Å². The summed E-state index contributed by atoms with van der Waals surface area (Å²) in [4.78, 5) is 8.53. The minimum atomic E-state index is -0.600. The fourth-order valence-corrected chi connectivity index (χ4v) is 4.69. The van der Waals surface area contributed by atoms with Crippen molar-refractivity contribution >= 4 is 22.3 Å². The zero-order chi connectivity index (χ0) is 28.7. The molecule has 1 aliphatic heterocycles. The molecule has 1 fully saturated rings. The topological polar surface area (TPSA) is 125 Å². The zero-order valence-electron chi connectivity index (χ0n) is 22.9. The summed E-state index contributed by atoms with van der Waals surface area (Å²) in [6.45, 7) is 8.75. The maximum Gasteiger partial charge on any atom is 0.213 e. The van der Waals surface area contributed by atoms with Crippen molar-refractivity contribution < 1.29 is 4.39 Å². The van der Waals surface area contributed by atoms with Crippen LogP contribution in [0.25, 0.3) is 10.9 Å². The van der Waals surface area contributed by atoms with E-state index < -0.39 is 17.5 Å². The molecule has 0 amide bonds. The molecule has 0 unspecified atom stereocenters. The number of aryl methyl sites for hydroxylation is 1. The number of nitrogens with zero attached hydrogens (tertiary/aromatic N) is 5. The van der Waals surface area contributed by atoms with Gasteiger partial charge in [0.25, 0.3) is 0 Å². The molecule has 2 aromatic heterocycles. The molecule has 0 spiro atoms. The Morgan fingerprint density at radius 3 is 2.62 bits per heavy atom. The molecule has 0 saturated heterocycles. The van der Waals surface area contributed by atoms with Crippen LogP contribution in [0.4, 0.5) is 15.8 Å². The normalized spacial score (nSPS) is 16.2. The van der Waals surface area contributed by atoms with Crippen LogP contribution in [0.2, 0.25) is 0 Å². The van der Waals surface area contributed by atoms with Crippen LogP contribution < -0.4 is 21.6 Å². The number of aromatic nitrogens is 2. The van der Waals surface area contributed by atoms with E-state index in [1.54, 1.807) is 30.3 Å². The van der Waals surface area contributed by atoms with Gasteiger partial charge in [-0.1, -0.05) is 32.8 Å². The van der Waals surface area contributed by atoms with Crippen molar-refractivity contribution in [1.82, 2.24) is 25.9 Å². The molecule has 40 heavy (non-hydrogen) atoms. The quantitative estimate of drug-likeness (QED) is 0.250. The van der Waals surface area contributed by atoms with Gasteiger partial charge in [0.1, 0.15) is 11.6 Å². The van der Waals surface area contributed by atoms with E-state index in [4.69, 9.17) is 6.42 Å². The highest BCUT2D eigenvalue weighted by Crippen LogP contribution is 2.42. The number of hydrazine groups is 2. The Labute approximate surface area is 233 Å². The maximum atomic E-state index is 13.9. The molecule has 1 saturated carbocycles. The Morgan fingerprint density at radius 1 is 1.23 bits per heavy atom. The highest BCUT2D eigenvalue weighted by molar-refractivity contribution is 5.99. The Kier molecular flexibility index (Phi) is 6.71. The highest BCUT2D eigenvalue weighted by atomic mass is 19.1. The number of benzene rings is 1. The fraction of sp³-hybridized carbons (Fsp3) is 0.333. The van der Waals surface area contributed by atoms with Crippen molar-refractivity contribution in [3.63, 3.8) is 0 Å². The summed E-state index contributed by atoms with van der Waals surface area (Å²) in [6, 6.07) is 10.7. The van der Waals surface area contributed by atoms with E-state index in [-0.39, 0.29) is 5.41 Å². The second-order valence-corrected chi connectivity index (χ2v) is 11.4. The molecule has 3 aromatic rings. The van der Waals surface area contributed by atoms with E-state index >= 15 is 0 Å². The number of rotatable bonds is 7. The third-order valence-electron chi connectivity index (χ3n) is 7.05. The Morgan fingerprint density at radius 2 is 2.00 bits per heavy atom. The Bertz CT molecular complexity index is 1650. The summed E-state index contributed by atoms with van der Waals surface area (Å²) in [5.74, 6) is 2.13. The molecule has 5 rings (SSSR count). The lowest BCUT2D eigenvalue weighted by Crippen LogP contribution is -2.44. The molecule has 1 atom stereocenters. The van der Waals surface area contributed by atoms with Gasteiger partial charge in [0.05, 0.1) is 40.1 Å². The van der Waals surface area contributed by atoms with Gasteiger partial charge in [0.2, 0.25) is 5.95 Å². The number of hydrogen-bond donors (Lipinski definition) is 4. The summed E-state index contributed by atoms with van der Waals surface area (Å²) in [5.41, 5.74) is 10.4. The largest absolute Gasteiger partial charge is 0.383 e. The predicted octanol–water partition coefficient (Wildman–Crippen LogP) is 4.76. The monoisotopic (exact) mass is 535 g/mol. The number of anilines is 2. The molecule has 0 bridgehead atoms. The lowest BCUT2D eigenvalue weighted by atomic mass is 9.96. The average Bonchev–Trinajstić information content (AvgIpc) is 3.57. The third-order valence-corrected chi connectivity index (χ3v) is 7.05. The lowest BCUT2D eigenvalue weighted by molar-refractivity contribution is 0.217. The summed E-state index contributed by atoms with van der Waals surface area (Å²) in [5, 5.41) is 29.2. The number of nitrogens with one attached hydrogen (secondary N) is 4. The number of terminal acetylenes is 1. The van der Waals surface area contributed by atoms with Crippen LogP contribution in [-0.4, -0.2) is 27.1 Å². The van der Waals surface area contributed by atoms with Gasteiger partial charge >= 0.3 is 0 Å². The van der Waals surface area contributed by atoms with Gasteiger partial charge in [0, 0.05) is 41.3 Å². The number of nitriles is 2. The first-order valence-electron chi connectivity index (χ1n) is 13.0. The molecule has 2 aliphatic rings. The molecular weight excluding hydrogens is 505 g/mol. The molecule has 9 nitrogen and oxygen atoms in total. The average molecular weight is 536 g/mol. The predicted molar refractivity (Wildman–Crippen MR) is 151 cm³/mol. The van der Waals surface area contributed by atoms with Gasteiger partial charge in [-0.3, -0.25) is 9.99 Å². The van der Waals surface area contributed by atoms with Crippen LogP contribution in [0, 0.1) is 53.3 Å². The van der Waals surface area contributed by atoms with Crippen molar-refractivity contribution in [1.29, 1.82) is 10.5 Å². The van der Waals surface area contributed by atoms with Crippen molar-refractivity contribution in [2.45, 2.75) is 52.1 Å². The number of hydrogen-bond acceptors (Lipinski definition) is 9. The van der Waals surface area contributed by atoms with Gasteiger partial charge in [-0.05, 0) is 43.4 Å². The molecule has 10 heteroatoms. The molecule has 4 N–H and O–H groups in total. The number of halogens is 1. The van der Waals surface area contributed by atoms with Crippen molar-refractivity contribution in [3.8, 4) is 24.5 Å². The van der Waals surface area contributed by atoms with Crippen molar-refractivity contribution in [2.24, 2.45) is 5.41 Å². The van der Waals surface area contributed by atoms with Gasteiger partial charge in [-0.15, -0.1) is 12.0 Å². The first-order chi connectivity index (χ1) is 19.1. The standard InChI is InChI=1S/C30H30FN9/c1-6-19-14-34-27-20(13-32)11-21(12-23(27)26(19)35-17-29(3,4)5)37-28(22-7-8-25(31)36-18(22)2)24-15-40(39-38-24)30(16-33)9-10-30/h1,7-8,11-12,14-15,28,37-39H,9-10,17H2,2-5H3,(H,34,35)/t28-/m0/s1. The van der Waals surface area contributed by atoms with Crippen LogP contribution >= 0.6 is 0 Å². The summed E-state index contributed by atoms with van der Waals surface area (Å²) in [6.07, 6.45) is 10.8. The summed E-state index contributed by atoms with van der Waals surface area (Å²) >= 11 is 0. The smallest absolute Gasteiger partial charge is 0.213 e. The first-order valence-corrected chi connectivity index (χ1v) is 13.0. The molecular formula is C30H30FN9. The first kappa shape index (κ1) is 26.7. The Balaban J connectivity index is 1.61. The van der Waals surface area contributed by atoms with Crippen LogP contribution in [0.15, 0.2) is 42.4 Å². The summed E-state index contributed by atoms with van der Waals surface area (Å²) < 4.78 is 13.9.